The van der Waals surface area contributed by atoms with E-state index in [1.165, 1.54) is 77.0 Å². The Morgan fingerprint density at radius 2 is 0.538 bits per heavy atom. The van der Waals surface area contributed by atoms with E-state index >= 15 is 0 Å². The molecule has 4 nitrogen and oxygen atoms in total. The Morgan fingerprint density at radius 3 is 0.692 bits per heavy atom. The van der Waals surface area contributed by atoms with Crippen molar-refractivity contribution in [3.8, 4) is 0 Å². The standard InChI is InChI=1S/C20H38O4.2K.2H/c21-19(22)17-15-13-11-9-7-5-3-1-2-4-6-8-10-12-14-16-18-20(23)24;;;;/h1-18H2,(H,21,22)(H,23,24);;;;. The van der Waals surface area contributed by atoms with Gasteiger partial charge in [0.2, 0.25) is 0 Å². The average molecular weight is 423 g/mol. The second kappa shape index (κ2) is 27.2. The molecule has 0 saturated heterocycles. The molecule has 0 aromatic rings. The summed E-state index contributed by atoms with van der Waals surface area (Å²) in [5.41, 5.74) is 0. The number of hydrogen-bond donors (Lipinski definition) is 2. The van der Waals surface area contributed by atoms with Gasteiger partial charge in [-0.1, -0.05) is 89.9 Å². The van der Waals surface area contributed by atoms with Gasteiger partial charge in [0.25, 0.3) is 0 Å². The first-order valence-electron chi connectivity index (χ1n) is 10.1. The van der Waals surface area contributed by atoms with Gasteiger partial charge in [0, 0.05) is 12.8 Å². The number of unbranched alkanes of at least 4 members (excludes halogenated alkanes) is 15. The number of rotatable bonds is 19. The molecule has 0 aromatic heterocycles. The van der Waals surface area contributed by atoms with Crippen molar-refractivity contribution in [2.75, 3.05) is 0 Å². The molecule has 0 unspecified atom stereocenters. The maximum absolute atomic E-state index is 10.4. The third kappa shape index (κ3) is 30.9. The fraction of sp³-hybridized carbons (Fsp3) is 0.900. The van der Waals surface area contributed by atoms with E-state index in [0.29, 0.717) is 12.8 Å². The predicted molar refractivity (Wildman–Crippen MR) is 113 cm³/mol. The van der Waals surface area contributed by atoms with Crippen LogP contribution in [0.5, 0.6) is 0 Å². The molecule has 6 heteroatoms. The van der Waals surface area contributed by atoms with E-state index in [1.54, 1.807) is 0 Å². The van der Waals surface area contributed by atoms with E-state index in [-0.39, 0.29) is 103 Å². The summed E-state index contributed by atoms with van der Waals surface area (Å²) < 4.78 is 0. The summed E-state index contributed by atoms with van der Waals surface area (Å²) >= 11 is 0. The molecule has 26 heavy (non-hydrogen) atoms. The van der Waals surface area contributed by atoms with Crippen molar-refractivity contribution in [1.29, 1.82) is 0 Å². The van der Waals surface area contributed by atoms with Gasteiger partial charge in [0.1, 0.15) is 0 Å². The third-order valence-corrected chi connectivity index (χ3v) is 4.53. The molecule has 0 rings (SSSR count). The molecule has 0 aliphatic carbocycles. The Bertz CT molecular complexity index is 282. The zero-order valence-electron chi connectivity index (χ0n) is 15.4. The molecule has 0 radical (unpaired) electrons. The van der Waals surface area contributed by atoms with E-state index < -0.39 is 11.9 Å². The number of carbonyl (C=O) groups is 2. The van der Waals surface area contributed by atoms with Crippen molar-refractivity contribution in [3.05, 3.63) is 0 Å². The normalized spacial score (nSPS) is 10.0. The zero-order valence-corrected chi connectivity index (χ0v) is 15.4. The van der Waals surface area contributed by atoms with Crippen molar-refractivity contribution in [3.63, 3.8) is 0 Å². The quantitative estimate of drug-likeness (QED) is 0.230. The first-order valence-corrected chi connectivity index (χ1v) is 10.1. The van der Waals surface area contributed by atoms with E-state index in [2.05, 4.69) is 0 Å². The van der Waals surface area contributed by atoms with E-state index in [0.717, 1.165) is 25.7 Å². The summed E-state index contributed by atoms with van der Waals surface area (Å²) in [5, 5.41) is 17.1. The Morgan fingerprint density at radius 1 is 0.385 bits per heavy atom. The van der Waals surface area contributed by atoms with Crippen molar-refractivity contribution < 1.29 is 19.8 Å². The van der Waals surface area contributed by atoms with E-state index in [4.69, 9.17) is 10.2 Å². The molecule has 146 valence electrons. The molecule has 2 N–H and O–H groups in total. The maximum atomic E-state index is 10.4. The van der Waals surface area contributed by atoms with Crippen LogP contribution in [-0.4, -0.2) is 125 Å². The molecule has 0 atom stereocenters. The molecule has 0 aromatic carbocycles. The summed E-state index contributed by atoms with van der Waals surface area (Å²) in [5.74, 6) is -1.35. The van der Waals surface area contributed by atoms with Crippen LogP contribution in [0.15, 0.2) is 0 Å². The van der Waals surface area contributed by atoms with Gasteiger partial charge in [-0.25, -0.2) is 0 Å². The van der Waals surface area contributed by atoms with Crippen LogP contribution in [-0.2, 0) is 9.59 Å². The van der Waals surface area contributed by atoms with Crippen LogP contribution < -0.4 is 0 Å². The van der Waals surface area contributed by atoms with Gasteiger partial charge in [0.15, 0.2) is 0 Å². The van der Waals surface area contributed by atoms with E-state index in [9.17, 15) is 9.59 Å². The SMILES string of the molecule is O=C(O)CCCCCCCCCCCCCCCCCCC(=O)O.[KH].[KH]. The van der Waals surface area contributed by atoms with Crippen LogP contribution in [0, 0.1) is 0 Å². The summed E-state index contributed by atoms with van der Waals surface area (Å²) in [6.45, 7) is 0. The van der Waals surface area contributed by atoms with Gasteiger partial charge < -0.3 is 10.2 Å². The minimum atomic E-state index is -0.673. The van der Waals surface area contributed by atoms with Crippen LogP contribution in [0.4, 0.5) is 0 Å². The second-order valence-electron chi connectivity index (χ2n) is 6.94. The van der Waals surface area contributed by atoms with Crippen molar-refractivity contribution in [2.24, 2.45) is 0 Å². The van der Waals surface area contributed by atoms with Crippen LogP contribution in [0.3, 0.4) is 0 Å². The molecular formula is C20H40K2O4. The Hall–Kier alpha value is 2.21. The van der Waals surface area contributed by atoms with E-state index in [1.807, 2.05) is 0 Å². The number of carboxylic acids is 2. The Labute approximate surface area is 245 Å². The molecule has 0 aliphatic heterocycles. The monoisotopic (exact) mass is 422 g/mol. The first kappa shape index (κ1) is 32.9. The van der Waals surface area contributed by atoms with Gasteiger partial charge in [-0.2, -0.15) is 0 Å². The number of hydrogen-bond acceptors (Lipinski definition) is 2. The number of carboxylic acid groups (broad SMARTS) is 2. The summed E-state index contributed by atoms with van der Waals surface area (Å²) in [6.07, 6.45) is 19.9. The molecule has 0 amide bonds. The molecule has 0 spiro atoms. The van der Waals surface area contributed by atoms with Crippen LogP contribution in [0.2, 0.25) is 0 Å². The second-order valence-corrected chi connectivity index (χ2v) is 6.94. The van der Waals surface area contributed by atoms with Crippen LogP contribution in [0.1, 0.15) is 116 Å². The Balaban J connectivity index is -0.00000264. The summed E-state index contributed by atoms with van der Waals surface area (Å²) in [7, 11) is 0. The Kier molecular flexibility index (Phi) is 34.4. The number of aliphatic carboxylic acids is 2. The van der Waals surface area contributed by atoms with Gasteiger partial charge in [0.05, 0.1) is 0 Å². The molecule has 0 aliphatic rings. The fourth-order valence-corrected chi connectivity index (χ4v) is 3.03. The first-order chi connectivity index (χ1) is 11.6. The molecule has 0 fully saturated rings. The summed E-state index contributed by atoms with van der Waals surface area (Å²) in [4.78, 5) is 20.7. The van der Waals surface area contributed by atoms with Gasteiger partial charge in [-0.05, 0) is 12.8 Å². The minimum absolute atomic E-state index is 0. The van der Waals surface area contributed by atoms with Crippen molar-refractivity contribution in [2.45, 2.75) is 116 Å². The van der Waals surface area contributed by atoms with Crippen LogP contribution in [0.25, 0.3) is 0 Å². The third-order valence-electron chi connectivity index (χ3n) is 4.53. The van der Waals surface area contributed by atoms with Gasteiger partial charge in [-0.3, -0.25) is 9.59 Å². The molecule has 0 saturated carbocycles. The van der Waals surface area contributed by atoms with Crippen molar-refractivity contribution >= 4 is 115 Å². The van der Waals surface area contributed by atoms with Crippen LogP contribution >= 0.6 is 0 Å². The van der Waals surface area contributed by atoms with Gasteiger partial charge >= 0.3 is 115 Å². The molecule has 0 heterocycles. The van der Waals surface area contributed by atoms with Gasteiger partial charge in [-0.15, -0.1) is 0 Å². The predicted octanol–water partition coefficient (Wildman–Crippen LogP) is 4.88. The molecular weight excluding hydrogens is 382 g/mol. The average Bonchev–Trinajstić information content (AvgIpc) is 2.53. The molecule has 0 bridgehead atoms. The zero-order chi connectivity index (χ0) is 17.9. The topological polar surface area (TPSA) is 74.6 Å². The van der Waals surface area contributed by atoms with Crippen molar-refractivity contribution in [1.82, 2.24) is 0 Å². The fourth-order valence-electron chi connectivity index (χ4n) is 3.03. The summed E-state index contributed by atoms with van der Waals surface area (Å²) in [6, 6.07) is 0.